The van der Waals surface area contributed by atoms with Gasteiger partial charge in [-0.15, -0.1) is 0 Å². The number of Topliss-reactive ketones (excluding diaryl/α,β-unsaturated/α-hetero) is 1. The SMILES string of the molecule is NCOc1cc(CCC(=O)C[C@H](O)C[C@H](CC2(c3ccccc3)CCCCC2)c2cc(O)c(O)c(OCc3cccc(O)c3)c2)ccc1O. The van der Waals surface area contributed by atoms with Crippen LogP contribution in [0.2, 0.25) is 0 Å². The molecule has 0 aliphatic heterocycles. The van der Waals surface area contributed by atoms with Crippen LogP contribution in [0.4, 0.5) is 0 Å². The number of ketones is 1. The number of ether oxygens (including phenoxy) is 2. The lowest BCUT2D eigenvalue weighted by molar-refractivity contribution is -0.121. The molecule has 0 heterocycles. The summed E-state index contributed by atoms with van der Waals surface area (Å²) in [6.45, 7) is -0.0274. The van der Waals surface area contributed by atoms with E-state index in [0.29, 0.717) is 24.0 Å². The molecule has 0 spiro atoms. The number of carbonyl (C=O) groups is 1. The van der Waals surface area contributed by atoms with Crippen LogP contribution in [0.15, 0.2) is 84.9 Å². The van der Waals surface area contributed by atoms with Crippen molar-refractivity contribution in [3.63, 3.8) is 0 Å². The van der Waals surface area contributed by atoms with E-state index in [2.05, 4.69) is 12.1 Å². The number of aromatic hydroxyl groups is 4. The third-order valence-electron chi connectivity index (χ3n) is 9.66. The minimum absolute atomic E-state index is 0.0265. The summed E-state index contributed by atoms with van der Waals surface area (Å²) in [5.74, 6) is -0.667. The number of carbonyl (C=O) groups excluding carboxylic acids is 1. The lowest BCUT2D eigenvalue weighted by Crippen LogP contribution is -2.32. The quantitative estimate of drug-likeness (QED) is 0.0540. The molecule has 1 saturated carbocycles. The van der Waals surface area contributed by atoms with Crippen LogP contribution in [-0.2, 0) is 23.2 Å². The smallest absolute Gasteiger partial charge is 0.200 e. The van der Waals surface area contributed by atoms with Crippen LogP contribution in [0.25, 0.3) is 0 Å². The maximum atomic E-state index is 13.1. The summed E-state index contributed by atoms with van der Waals surface area (Å²) in [4.78, 5) is 13.1. The molecule has 5 rings (SSSR count). The Bertz CT molecular complexity index is 1690. The van der Waals surface area contributed by atoms with Gasteiger partial charge >= 0.3 is 0 Å². The predicted octanol–water partition coefficient (Wildman–Crippen LogP) is 7.10. The minimum Gasteiger partial charge on any atom is -0.508 e. The summed E-state index contributed by atoms with van der Waals surface area (Å²) in [6, 6.07) is 25.2. The highest BCUT2D eigenvalue weighted by Gasteiger charge is 2.37. The van der Waals surface area contributed by atoms with E-state index in [-0.39, 0.29) is 84.2 Å². The second-order valence-electron chi connectivity index (χ2n) is 13.2. The number of hydrogen-bond acceptors (Lipinski definition) is 9. The summed E-state index contributed by atoms with van der Waals surface area (Å²) in [6.07, 6.45) is 5.86. The predicted molar refractivity (Wildman–Crippen MR) is 187 cm³/mol. The first-order valence-electron chi connectivity index (χ1n) is 17.0. The highest BCUT2D eigenvalue weighted by atomic mass is 16.5. The average Bonchev–Trinajstić information content (AvgIpc) is 3.10. The van der Waals surface area contributed by atoms with Crippen LogP contribution in [0.5, 0.6) is 34.5 Å². The Kier molecular flexibility index (Phi) is 12.0. The summed E-state index contributed by atoms with van der Waals surface area (Å²) >= 11 is 0. The molecular formula is C40H47NO8. The topological polar surface area (TPSA) is 163 Å². The molecular weight excluding hydrogens is 622 g/mol. The van der Waals surface area contributed by atoms with Crippen molar-refractivity contribution in [1.82, 2.24) is 0 Å². The third-order valence-corrected chi connectivity index (χ3v) is 9.66. The molecule has 0 amide bonds. The monoisotopic (exact) mass is 669 g/mol. The lowest BCUT2D eigenvalue weighted by Gasteiger charge is -2.41. The molecule has 9 nitrogen and oxygen atoms in total. The third kappa shape index (κ3) is 9.46. The van der Waals surface area contributed by atoms with Gasteiger partial charge < -0.3 is 35.0 Å². The Hall–Kier alpha value is -4.73. The van der Waals surface area contributed by atoms with Gasteiger partial charge in [-0.05, 0) is 102 Å². The Morgan fingerprint density at radius 1 is 0.796 bits per heavy atom. The number of benzene rings is 4. The fourth-order valence-corrected chi connectivity index (χ4v) is 7.19. The molecule has 1 aliphatic rings. The van der Waals surface area contributed by atoms with E-state index < -0.39 is 6.10 Å². The van der Waals surface area contributed by atoms with E-state index in [1.165, 1.54) is 17.7 Å². The van der Waals surface area contributed by atoms with Crippen molar-refractivity contribution < 1.29 is 39.8 Å². The van der Waals surface area contributed by atoms with Crippen molar-refractivity contribution >= 4 is 5.78 Å². The molecule has 9 heteroatoms. The van der Waals surface area contributed by atoms with Crippen LogP contribution in [0.1, 0.15) is 86.0 Å². The Morgan fingerprint density at radius 3 is 2.31 bits per heavy atom. The summed E-state index contributed by atoms with van der Waals surface area (Å²) in [7, 11) is 0. The number of aliphatic hydroxyl groups excluding tert-OH is 1. The van der Waals surface area contributed by atoms with Crippen molar-refractivity contribution in [2.75, 3.05) is 6.73 Å². The van der Waals surface area contributed by atoms with E-state index in [4.69, 9.17) is 15.2 Å². The number of nitrogens with two attached hydrogens (primary N) is 1. The molecule has 0 bridgehead atoms. The Morgan fingerprint density at radius 2 is 1.57 bits per heavy atom. The van der Waals surface area contributed by atoms with Gasteiger partial charge in [0.05, 0.1) is 6.10 Å². The first-order chi connectivity index (χ1) is 23.7. The Labute approximate surface area is 287 Å². The number of phenolic OH excluding ortho intramolecular Hbond substituents is 4. The highest BCUT2D eigenvalue weighted by Crippen LogP contribution is 2.49. The van der Waals surface area contributed by atoms with Gasteiger partial charge in [0.15, 0.2) is 23.0 Å². The molecule has 2 atom stereocenters. The van der Waals surface area contributed by atoms with Gasteiger partial charge in [0.2, 0.25) is 5.75 Å². The van der Waals surface area contributed by atoms with E-state index >= 15 is 0 Å². The van der Waals surface area contributed by atoms with Gasteiger partial charge in [-0.2, -0.15) is 0 Å². The normalized spacial score (nSPS) is 15.3. The second-order valence-corrected chi connectivity index (χ2v) is 13.2. The largest absolute Gasteiger partial charge is 0.508 e. The second kappa shape index (κ2) is 16.6. The molecule has 0 unspecified atom stereocenters. The molecule has 0 saturated heterocycles. The van der Waals surface area contributed by atoms with E-state index in [1.54, 1.807) is 42.5 Å². The van der Waals surface area contributed by atoms with Crippen LogP contribution in [0, 0.1) is 0 Å². The van der Waals surface area contributed by atoms with Crippen LogP contribution in [-0.4, -0.2) is 44.2 Å². The van der Waals surface area contributed by atoms with Crippen LogP contribution in [0.3, 0.4) is 0 Å². The fourth-order valence-electron chi connectivity index (χ4n) is 7.19. The number of aliphatic hydroxyl groups is 1. The molecule has 1 fully saturated rings. The maximum absolute atomic E-state index is 13.1. The molecule has 260 valence electrons. The Balaban J connectivity index is 1.37. The number of phenols is 4. The van der Waals surface area contributed by atoms with E-state index in [0.717, 1.165) is 37.7 Å². The van der Waals surface area contributed by atoms with Crippen molar-refractivity contribution in [1.29, 1.82) is 0 Å². The zero-order chi connectivity index (χ0) is 34.8. The molecule has 1 aliphatic carbocycles. The molecule has 0 aromatic heterocycles. The first-order valence-corrected chi connectivity index (χ1v) is 17.0. The minimum atomic E-state index is -0.947. The number of aryl methyl sites for hydroxylation is 1. The standard InChI is InChI=1S/C40H47NO8/c41-26-49-37-19-27(13-15-35(37)45)12-14-33(43)23-34(44)20-30(24-40(16-5-2-6-17-40)31-9-3-1-4-10-31)29-21-36(46)39(47)38(22-29)48-25-28-8-7-11-32(42)18-28/h1,3-4,7-11,13,15,18-19,21-22,30,34,42,44-47H,2,5-6,12,14,16-17,20,23-26,41H2/t30-,34-/m1/s1. The van der Waals surface area contributed by atoms with E-state index in [9.17, 15) is 30.3 Å². The number of hydrogen-bond donors (Lipinski definition) is 6. The molecule has 4 aromatic carbocycles. The van der Waals surface area contributed by atoms with Gasteiger partial charge in [0, 0.05) is 12.8 Å². The molecule has 0 radical (unpaired) electrons. The zero-order valence-electron chi connectivity index (χ0n) is 27.8. The lowest BCUT2D eigenvalue weighted by atomic mass is 9.63. The van der Waals surface area contributed by atoms with Crippen LogP contribution >= 0.6 is 0 Å². The molecule has 49 heavy (non-hydrogen) atoms. The summed E-state index contributed by atoms with van der Waals surface area (Å²) in [5.41, 5.74) is 8.72. The molecule has 7 N–H and O–H groups in total. The number of rotatable bonds is 16. The van der Waals surface area contributed by atoms with Crippen molar-refractivity contribution in [2.24, 2.45) is 5.73 Å². The summed E-state index contributed by atoms with van der Waals surface area (Å²) < 4.78 is 11.2. The fraction of sp³-hybridized carbons (Fsp3) is 0.375. The van der Waals surface area contributed by atoms with Gasteiger partial charge in [0.25, 0.3) is 0 Å². The van der Waals surface area contributed by atoms with Crippen molar-refractivity contribution in [3.8, 4) is 34.5 Å². The van der Waals surface area contributed by atoms with Crippen LogP contribution < -0.4 is 15.2 Å². The van der Waals surface area contributed by atoms with Crippen molar-refractivity contribution in [3.05, 3.63) is 107 Å². The van der Waals surface area contributed by atoms with Crippen molar-refractivity contribution in [2.45, 2.75) is 88.3 Å². The van der Waals surface area contributed by atoms with Gasteiger partial charge in [-0.1, -0.05) is 67.8 Å². The van der Waals surface area contributed by atoms with Gasteiger partial charge in [-0.25, -0.2) is 0 Å². The zero-order valence-corrected chi connectivity index (χ0v) is 27.8. The molecule has 4 aromatic rings. The van der Waals surface area contributed by atoms with Gasteiger partial charge in [0.1, 0.15) is 24.9 Å². The first kappa shape index (κ1) is 35.6. The highest BCUT2D eigenvalue weighted by molar-refractivity contribution is 5.79. The van der Waals surface area contributed by atoms with Gasteiger partial charge in [-0.3, -0.25) is 10.5 Å². The van der Waals surface area contributed by atoms with E-state index in [1.807, 2.05) is 18.2 Å². The summed E-state index contributed by atoms with van der Waals surface area (Å²) in [5, 5.41) is 52.9. The average molecular weight is 670 g/mol. The maximum Gasteiger partial charge on any atom is 0.200 e.